The van der Waals surface area contributed by atoms with Crippen LogP contribution in [0.1, 0.15) is 53.3 Å². The topological polar surface area (TPSA) is 120 Å². The molecule has 0 aromatic carbocycles. The van der Waals surface area contributed by atoms with Crippen LogP contribution in [0.15, 0.2) is 23.4 Å². The van der Waals surface area contributed by atoms with E-state index in [2.05, 4.69) is 15.4 Å². The molecule has 2 aromatic heterocycles. The van der Waals surface area contributed by atoms with E-state index in [1.165, 1.54) is 0 Å². The Hall–Kier alpha value is -2.61. The number of halogens is 5. The summed E-state index contributed by atoms with van der Waals surface area (Å²) in [6, 6.07) is 2.05. The van der Waals surface area contributed by atoms with Crippen LogP contribution in [-0.4, -0.2) is 35.0 Å². The molecular formula is C19H18F5N5O3S. The average molecular weight is 491 g/mol. The van der Waals surface area contributed by atoms with Gasteiger partial charge >= 0.3 is 6.18 Å². The van der Waals surface area contributed by atoms with Crippen LogP contribution in [0, 0.1) is 11.3 Å². The van der Waals surface area contributed by atoms with Crippen molar-refractivity contribution in [1.29, 1.82) is 0 Å². The summed E-state index contributed by atoms with van der Waals surface area (Å²) in [6.07, 6.45) is -2.48. The van der Waals surface area contributed by atoms with Gasteiger partial charge in [0.05, 0.1) is 18.2 Å². The predicted molar refractivity (Wildman–Crippen MR) is 103 cm³/mol. The number of pyridine rings is 1. The molecule has 8 nitrogen and oxygen atoms in total. The fourth-order valence-corrected chi connectivity index (χ4v) is 4.97. The predicted octanol–water partition coefficient (Wildman–Crippen LogP) is 3.12. The molecule has 3 N–H and O–H groups in total. The second kappa shape index (κ2) is 6.72. The van der Waals surface area contributed by atoms with E-state index in [1.54, 1.807) is 0 Å². The lowest BCUT2D eigenvalue weighted by Gasteiger charge is -2.13. The number of carbonyl (C=O) groups excluding carboxylic acids is 1. The van der Waals surface area contributed by atoms with Gasteiger partial charge in [0.25, 0.3) is 21.9 Å². The zero-order valence-electron chi connectivity index (χ0n) is 16.9. The van der Waals surface area contributed by atoms with E-state index < -0.39 is 68.1 Å². The van der Waals surface area contributed by atoms with E-state index in [4.69, 9.17) is 5.14 Å². The molecule has 3 aliphatic rings. The molecule has 0 radical (unpaired) electrons. The van der Waals surface area contributed by atoms with Crippen LogP contribution in [0.2, 0.25) is 0 Å². The van der Waals surface area contributed by atoms with Crippen molar-refractivity contribution >= 4 is 21.6 Å². The van der Waals surface area contributed by atoms with Gasteiger partial charge in [0, 0.05) is 29.3 Å². The highest BCUT2D eigenvalue weighted by Crippen LogP contribution is 2.80. The normalized spacial score (nSPS) is 22.9. The highest BCUT2D eigenvalue weighted by atomic mass is 32.2. The van der Waals surface area contributed by atoms with Crippen molar-refractivity contribution < 1.29 is 35.2 Å². The maximum absolute atomic E-state index is 14.2. The lowest BCUT2D eigenvalue weighted by molar-refractivity contribution is -0.138. The van der Waals surface area contributed by atoms with Crippen molar-refractivity contribution in [2.75, 3.05) is 5.32 Å². The molecule has 1 atom stereocenters. The second-order valence-electron chi connectivity index (χ2n) is 8.78. The summed E-state index contributed by atoms with van der Waals surface area (Å²) in [5.41, 5.74) is -3.85. The van der Waals surface area contributed by atoms with Gasteiger partial charge in [0.2, 0.25) is 0 Å². The molecular weight excluding hydrogens is 473 g/mol. The standard InChI is InChI=1S/C19H18F5N5O3S/c20-18(21)11(17(18)4-5-17)8-29-15(13(19(22,23)24)14(28-29)9-1-2-9)16(30)27-10-3-6-26-12(7-10)33(25,31)32/h3,6-7,9,11H,1-2,4-5,8H2,(H2,25,31,32)(H,26,27,30). The third kappa shape index (κ3) is 3.59. The minimum Gasteiger partial charge on any atom is -0.320 e. The van der Waals surface area contributed by atoms with Crippen molar-refractivity contribution in [3.8, 4) is 0 Å². The molecule has 0 bridgehead atoms. The molecule has 178 valence electrons. The molecule has 1 unspecified atom stereocenters. The first-order valence-corrected chi connectivity index (χ1v) is 11.7. The molecule has 3 aliphatic carbocycles. The van der Waals surface area contributed by atoms with Crippen molar-refractivity contribution in [1.82, 2.24) is 14.8 Å². The lowest BCUT2D eigenvalue weighted by Crippen LogP contribution is -2.23. The average Bonchev–Trinajstić information content (AvgIpc) is 3.62. The Kier molecular flexibility index (Phi) is 4.52. The van der Waals surface area contributed by atoms with Crippen LogP contribution < -0.4 is 10.5 Å². The van der Waals surface area contributed by atoms with E-state index in [0.29, 0.717) is 12.8 Å². The summed E-state index contributed by atoms with van der Waals surface area (Å²) in [6.45, 7) is -0.523. The van der Waals surface area contributed by atoms with Crippen LogP contribution >= 0.6 is 0 Å². The van der Waals surface area contributed by atoms with E-state index >= 15 is 0 Å². The first-order chi connectivity index (χ1) is 15.3. The molecule has 5 rings (SSSR count). The number of nitrogens with zero attached hydrogens (tertiary/aromatic N) is 3. The monoisotopic (exact) mass is 491 g/mol. The van der Waals surface area contributed by atoms with Gasteiger partial charge in [0.1, 0.15) is 11.3 Å². The Morgan fingerprint density at radius 1 is 1.27 bits per heavy atom. The van der Waals surface area contributed by atoms with Gasteiger partial charge in [-0.3, -0.25) is 9.48 Å². The number of amides is 1. The Bertz CT molecular complexity index is 1260. The van der Waals surface area contributed by atoms with Crippen LogP contribution in [0.4, 0.5) is 27.6 Å². The molecule has 1 amide bonds. The first-order valence-electron chi connectivity index (χ1n) is 10.1. The number of anilines is 1. The number of nitrogens with one attached hydrogen (secondary N) is 1. The molecule has 3 saturated carbocycles. The highest BCUT2D eigenvalue weighted by Gasteiger charge is 2.86. The molecule has 2 heterocycles. The molecule has 33 heavy (non-hydrogen) atoms. The number of aromatic nitrogens is 3. The van der Waals surface area contributed by atoms with Crippen LogP contribution in [0.5, 0.6) is 0 Å². The Balaban J connectivity index is 1.54. The fraction of sp³-hybridized carbons (Fsp3) is 0.526. The van der Waals surface area contributed by atoms with Gasteiger partial charge in [-0.25, -0.2) is 27.3 Å². The molecule has 0 aliphatic heterocycles. The SMILES string of the molecule is NS(=O)(=O)c1cc(NC(=O)c2c(C(F)(F)F)c(C3CC3)nn2CC2C(F)(F)C23CC3)ccn1. The number of alkyl halides is 5. The van der Waals surface area contributed by atoms with E-state index in [-0.39, 0.29) is 24.2 Å². The van der Waals surface area contributed by atoms with Gasteiger partial charge in [-0.15, -0.1) is 0 Å². The van der Waals surface area contributed by atoms with Crippen molar-refractivity contribution in [3.63, 3.8) is 0 Å². The third-order valence-electron chi connectivity index (χ3n) is 6.56. The lowest BCUT2D eigenvalue weighted by atomic mass is 10.1. The van der Waals surface area contributed by atoms with Crippen LogP contribution in [-0.2, 0) is 22.7 Å². The van der Waals surface area contributed by atoms with Gasteiger partial charge in [-0.2, -0.15) is 18.3 Å². The number of nitrogens with two attached hydrogens (primary N) is 1. The smallest absolute Gasteiger partial charge is 0.320 e. The summed E-state index contributed by atoms with van der Waals surface area (Å²) in [7, 11) is -4.23. The number of rotatable bonds is 6. The summed E-state index contributed by atoms with van der Waals surface area (Å²) in [5.74, 6) is -5.96. The maximum Gasteiger partial charge on any atom is 0.420 e. The first kappa shape index (κ1) is 22.2. The van der Waals surface area contributed by atoms with E-state index in [9.17, 15) is 35.2 Å². The van der Waals surface area contributed by atoms with Crippen molar-refractivity contribution in [3.05, 3.63) is 35.3 Å². The number of hydrogen-bond donors (Lipinski definition) is 2. The molecule has 2 aromatic rings. The van der Waals surface area contributed by atoms with E-state index in [1.807, 2.05) is 0 Å². The third-order valence-corrected chi connectivity index (χ3v) is 7.36. The zero-order chi connectivity index (χ0) is 24.0. The number of primary sulfonamides is 1. The highest BCUT2D eigenvalue weighted by molar-refractivity contribution is 7.89. The Labute approximate surface area is 184 Å². The van der Waals surface area contributed by atoms with Crippen molar-refractivity contribution in [2.45, 2.75) is 55.3 Å². The summed E-state index contributed by atoms with van der Waals surface area (Å²) < 4.78 is 94.2. The van der Waals surface area contributed by atoms with E-state index in [0.717, 1.165) is 23.0 Å². The van der Waals surface area contributed by atoms with Crippen LogP contribution in [0.3, 0.4) is 0 Å². The second-order valence-corrected chi connectivity index (χ2v) is 10.3. The minimum absolute atomic E-state index is 0.178. The van der Waals surface area contributed by atoms with Gasteiger partial charge < -0.3 is 5.32 Å². The van der Waals surface area contributed by atoms with Gasteiger partial charge in [-0.1, -0.05) is 0 Å². The zero-order valence-corrected chi connectivity index (χ0v) is 17.7. The summed E-state index contributed by atoms with van der Waals surface area (Å²) in [4.78, 5) is 16.5. The molecule has 3 fully saturated rings. The quantitative estimate of drug-likeness (QED) is 0.602. The summed E-state index contributed by atoms with van der Waals surface area (Å²) >= 11 is 0. The number of sulfonamides is 1. The van der Waals surface area contributed by atoms with Gasteiger partial charge in [0.15, 0.2) is 5.03 Å². The Morgan fingerprint density at radius 2 is 1.94 bits per heavy atom. The molecule has 0 saturated heterocycles. The van der Waals surface area contributed by atoms with Crippen LogP contribution in [0.25, 0.3) is 0 Å². The minimum atomic E-state index is -4.95. The Morgan fingerprint density at radius 3 is 2.45 bits per heavy atom. The largest absolute Gasteiger partial charge is 0.420 e. The number of carbonyl (C=O) groups is 1. The van der Waals surface area contributed by atoms with Gasteiger partial charge in [-0.05, 0) is 31.7 Å². The number of hydrogen-bond acceptors (Lipinski definition) is 5. The molecule has 1 spiro atoms. The maximum atomic E-state index is 14.2. The molecule has 14 heteroatoms. The summed E-state index contributed by atoms with van der Waals surface area (Å²) in [5, 5.41) is 10.6. The van der Waals surface area contributed by atoms with Crippen molar-refractivity contribution in [2.24, 2.45) is 16.5 Å². The fourth-order valence-electron chi connectivity index (χ4n) is 4.47.